The van der Waals surface area contributed by atoms with Gasteiger partial charge in [0.25, 0.3) is 0 Å². The van der Waals surface area contributed by atoms with E-state index < -0.39 is 0 Å². The molecule has 33 heavy (non-hydrogen) atoms. The van der Waals surface area contributed by atoms with Crippen LogP contribution in [0.25, 0.3) is 22.6 Å². The van der Waals surface area contributed by atoms with E-state index in [1.807, 2.05) is 44.6 Å². The zero-order valence-electron chi connectivity index (χ0n) is 19.6. The van der Waals surface area contributed by atoms with Crippen LogP contribution in [0.4, 0.5) is 0 Å². The van der Waals surface area contributed by atoms with Gasteiger partial charge in [0.05, 0.1) is 11.2 Å². The summed E-state index contributed by atoms with van der Waals surface area (Å²) in [6.07, 6.45) is 7.42. The van der Waals surface area contributed by atoms with Gasteiger partial charge < -0.3 is 4.90 Å². The molecule has 0 saturated heterocycles. The number of rotatable bonds is 7. The van der Waals surface area contributed by atoms with Gasteiger partial charge in [0.2, 0.25) is 0 Å². The molecule has 168 valence electrons. The monoisotopic (exact) mass is 437 g/mol. The minimum Gasteiger partial charge on any atom is -0.304 e. The Labute approximate surface area is 196 Å². The second-order valence-electron chi connectivity index (χ2n) is 8.54. The van der Waals surface area contributed by atoms with E-state index in [4.69, 9.17) is 10.8 Å². The summed E-state index contributed by atoms with van der Waals surface area (Å²) < 4.78 is 0. The van der Waals surface area contributed by atoms with E-state index in [-0.39, 0.29) is 0 Å². The van der Waals surface area contributed by atoms with E-state index in [9.17, 15) is 0 Å². The summed E-state index contributed by atoms with van der Waals surface area (Å²) in [7, 11) is 4.09. The first kappa shape index (κ1) is 22.6. The third-order valence-corrected chi connectivity index (χ3v) is 5.76. The van der Waals surface area contributed by atoms with E-state index >= 15 is 0 Å². The van der Waals surface area contributed by atoms with E-state index in [0.29, 0.717) is 0 Å². The summed E-state index contributed by atoms with van der Waals surface area (Å²) in [4.78, 5) is 11.8. The molecular weight excluding hydrogens is 406 g/mol. The van der Waals surface area contributed by atoms with Crippen LogP contribution in [0.5, 0.6) is 0 Å². The van der Waals surface area contributed by atoms with Gasteiger partial charge in [0.15, 0.2) is 5.82 Å². The van der Waals surface area contributed by atoms with Crippen molar-refractivity contribution in [2.75, 3.05) is 20.6 Å². The summed E-state index contributed by atoms with van der Waals surface area (Å²) in [5.41, 5.74) is 7.44. The summed E-state index contributed by atoms with van der Waals surface area (Å²) in [5, 5.41) is 2.84. The highest BCUT2D eigenvalue weighted by Gasteiger charge is 2.22. The first-order valence-corrected chi connectivity index (χ1v) is 11.3. The lowest BCUT2D eigenvalue weighted by Gasteiger charge is -2.30. The lowest BCUT2D eigenvalue weighted by Crippen LogP contribution is -2.37. The number of aromatic nitrogens is 1. The number of hydrazine groups is 1. The molecule has 0 unspecified atom stereocenters. The molecule has 0 spiro atoms. The maximum atomic E-state index is 6.63. The number of nitrogens with two attached hydrogens (primary N) is 1. The molecule has 3 aromatic rings. The van der Waals surface area contributed by atoms with E-state index in [1.165, 1.54) is 5.56 Å². The third kappa shape index (κ3) is 5.11. The van der Waals surface area contributed by atoms with Crippen LogP contribution in [0.3, 0.4) is 0 Å². The van der Waals surface area contributed by atoms with Crippen LogP contribution >= 0.6 is 0 Å². The number of aliphatic imine (C=N–C) groups is 1. The average molecular weight is 438 g/mol. The van der Waals surface area contributed by atoms with Crippen LogP contribution in [0, 0.1) is 0 Å². The molecule has 0 saturated carbocycles. The van der Waals surface area contributed by atoms with Gasteiger partial charge in [0.1, 0.15) is 0 Å². The number of nitrogens with zero attached hydrogens (tertiary/aromatic N) is 4. The molecule has 1 aliphatic heterocycles. The Balaban J connectivity index is 1.78. The first-order valence-electron chi connectivity index (χ1n) is 11.3. The van der Waals surface area contributed by atoms with Crippen molar-refractivity contribution in [2.24, 2.45) is 10.8 Å². The number of fused-ring (bicyclic) bond motifs is 1. The number of hydrogen-bond acceptors (Lipinski definition) is 5. The molecule has 0 atom stereocenters. The zero-order valence-corrected chi connectivity index (χ0v) is 19.6. The molecule has 0 bridgehead atoms. The summed E-state index contributed by atoms with van der Waals surface area (Å²) in [6.45, 7) is 6.70. The fourth-order valence-electron chi connectivity index (χ4n) is 4.08. The van der Waals surface area contributed by atoms with Crippen LogP contribution in [0.15, 0.2) is 90.0 Å². The third-order valence-electron chi connectivity index (χ3n) is 5.76. The highest BCUT2D eigenvalue weighted by atomic mass is 15.5. The van der Waals surface area contributed by atoms with Gasteiger partial charge in [-0.05, 0) is 49.9 Å². The molecule has 5 nitrogen and oxygen atoms in total. The van der Waals surface area contributed by atoms with Crippen LogP contribution < -0.4 is 5.84 Å². The second-order valence-corrected chi connectivity index (χ2v) is 8.54. The maximum Gasteiger partial charge on any atom is 0.151 e. The molecule has 0 amide bonds. The average Bonchev–Trinajstić information content (AvgIpc) is 2.82. The van der Waals surface area contributed by atoms with Crippen molar-refractivity contribution in [2.45, 2.75) is 19.8 Å². The topological polar surface area (TPSA) is 57.8 Å². The van der Waals surface area contributed by atoms with E-state index in [2.05, 4.69) is 65.9 Å². The van der Waals surface area contributed by atoms with Crippen molar-refractivity contribution < 1.29 is 0 Å². The predicted molar refractivity (Wildman–Crippen MR) is 139 cm³/mol. The first-order chi connectivity index (χ1) is 16.0. The summed E-state index contributed by atoms with van der Waals surface area (Å²) in [5.74, 6) is 7.42. The van der Waals surface area contributed by atoms with Crippen molar-refractivity contribution in [1.82, 2.24) is 14.9 Å². The Hall–Kier alpha value is -3.54. The summed E-state index contributed by atoms with van der Waals surface area (Å²) in [6, 6.07) is 18.8. The Kier molecular flexibility index (Phi) is 6.82. The van der Waals surface area contributed by atoms with Crippen molar-refractivity contribution in [3.05, 3.63) is 102 Å². The number of pyridine rings is 1. The Bertz CT molecular complexity index is 1250. The Morgan fingerprint density at radius 2 is 1.88 bits per heavy atom. The molecule has 2 aromatic carbocycles. The van der Waals surface area contributed by atoms with Gasteiger partial charge in [-0.15, -0.1) is 0 Å². The van der Waals surface area contributed by atoms with E-state index in [0.717, 1.165) is 64.2 Å². The van der Waals surface area contributed by atoms with Crippen LogP contribution in [0.2, 0.25) is 0 Å². The van der Waals surface area contributed by atoms with E-state index in [1.54, 1.807) is 5.01 Å². The van der Waals surface area contributed by atoms with Gasteiger partial charge in [-0.1, -0.05) is 62.0 Å². The molecule has 0 radical (unpaired) electrons. The van der Waals surface area contributed by atoms with Crippen molar-refractivity contribution in [3.63, 3.8) is 0 Å². The SMILES string of the molecule is C=Cc1ccc(CC2=NC(=C(CC)c3cnc4ccccc4c3)N(N)C(CN(C)C)=C2)cc1. The Morgan fingerprint density at radius 3 is 2.58 bits per heavy atom. The quantitative estimate of drug-likeness (QED) is 0.511. The molecule has 1 aliphatic rings. The standard InChI is InChI=1S/C28H31N5/c1-5-20-11-13-21(14-12-20)15-24-17-25(19-32(3)4)33(29)28(31-24)26(6-2)23-16-22-9-7-8-10-27(22)30-18-23/h5,7-14,16-18H,1,6,15,19,29H2,2-4H3. The van der Waals surface area contributed by atoms with Gasteiger partial charge >= 0.3 is 0 Å². The highest BCUT2D eigenvalue weighted by molar-refractivity contribution is 5.99. The number of likely N-dealkylation sites (N-methyl/N-ethyl adjacent to an activating group) is 1. The zero-order chi connectivity index (χ0) is 23.4. The molecule has 0 aliphatic carbocycles. The van der Waals surface area contributed by atoms with Crippen molar-refractivity contribution >= 4 is 28.3 Å². The fraction of sp³-hybridized carbons (Fsp3) is 0.214. The lowest BCUT2D eigenvalue weighted by molar-refractivity contribution is 0.355. The second kappa shape index (κ2) is 9.94. The number of para-hydroxylation sites is 1. The van der Waals surface area contributed by atoms with Crippen molar-refractivity contribution in [3.8, 4) is 0 Å². The maximum absolute atomic E-state index is 6.63. The lowest BCUT2D eigenvalue weighted by atomic mass is 10.0. The fourth-order valence-corrected chi connectivity index (χ4v) is 4.08. The van der Waals surface area contributed by atoms with Gasteiger partial charge in [-0.2, -0.15) is 0 Å². The van der Waals surface area contributed by atoms with Gasteiger partial charge in [-0.3, -0.25) is 9.99 Å². The molecule has 4 rings (SSSR count). The van der Waals surface area contributed by atoms with Gasteiger partial charge in [0, 0.05) is 41.4 Å². The summed E-state index contributed by atoms with van der Waals surface area (Å²) >= 11 is 0. The van der Waals surface area contributed by atoms with Crippen LogP contribution in [-0.4, -0.2) is 41.2 Å². The molecule has 1 aromatic heterocycles. The van der Waals surface area contributed by atoms with Crippen molar-refractivity contribution in [1.29, 1.82) is 0 Å². The van der Waals surface area contributed by atoms with Crippen LogP contribution in [0.1, 0.15) is 30.0 Å². The number of hydrogen-bond donors (Lipinski definition) is 1. The molecule has 2 heterocycles. The van der Waals surface area contributed by atoms with Gasteiger partial charge in [-0.25, -0.2) is 10.8 Å². The normalized spacial score (nSPS) is 15.5. The molecule has 5 heteroatoms. The minimum absolute atomic E-state index is 0.724. The number of allylic oxidation sites excluding steroid dienone is 2. The number of benzene rings is 2. The van der Waals surface area contributed by atoms with Crippen LogP contribution in [-0.2, 0) is 6.42 Å². The Morgan fingerprint density at radius 1 is 1.12 bits per heavy atom. The largest absolute Gasteiger partial charge is 0.304 e. The predicted octanol–water partition coefficient (Wildman–Crippen LogP) is 5.27. The minimum atomic E-state index is 0.724. The molecular formula is C28H31N5. The smallest absolute Gasteiger partial charge is 0.151 e. The highest BCUT2D eigenvalue weighted by Crippen LogP contribution is 2.30. The molecule has 0 fully saturated rings. The molecule has 2 N–H and O–H groups in total.